The minimum atomic E-state index is 0.719. The van der Waals surface area contributed by atoms with Crippen LogP contribution in [0.5, 0.6) is 0 Å². The van der Waals surface area contributed by atoms with Crippen LogP contribution in [0.3, 0.4) is 0 Å². The molecule has 0 bridgehead atoms. The van der Waals surface area contributed by atoms with Crippen LogP contribution in [0.2, 0.25) is 0 Å². The molecule has 0 spiro atoms. The van der Waals surface area contributed by atoms with Gasteiger partial charge in [-0.15, -0.1) is 0 Å². The van der Waals surface area contributed by atoms with Crippen molar-refractivity contribution in [2.24, 2.45) is 0 Å². The summed E-state index contributed by atoms with van der Waals surface area (Å²) >= 11 is 0. The van der Waals surface area contributed by atoms with Crippen molar-refractivity contribution in [3.05, 3.63) is 65.7 Å². The number of hydrogen-bond acceptors (Lipinski definition) is 3. The van der Waals surface area contributed by atoms with Crippen LogP contribution in [0.15, 0.2) is 60.2 Å². The van der Waals surface area contributed by atoms with Gasteiger partial charge in [-0.25, -0.2) is 9.97 Å². The molecular formula is C23H25N3. The van der Waals surface area contributed by atoms with Crippen molar-refractivity contribution in [1.29, 1.82) is 0 Å². The molecule has 1 aromatic heterocycles. The second kappa shape index (κ2) is 7.69. The molecule has 3 heteroatoms. The summed E-state index contributed by atoms with van der Waals surface area (Å²) in [5, 5.41) is 4.55. The first-order valence-electron chi connectivity index (χ1n) is 9.55. The van der Waals surface area contributed by atoms with E-state index in [0.717, 1.165) is 41.1 Å². The van der Waals surface area contributed by atoms with E-state index in [0.29, 0.717) is 0 Å². The normalized spacial score (nSPS) is 14.3. The lowest BCUT2D eigenvalue weighted by atomic mass is 9.97. The van der Waals surface area contributed by atoms with Gasteiger partial charge in [0.1, 0.15) is 0 Å². The van der Waals surface area contributed by atoms with E-state index in [2.05, 4.69) is 60.8 Å². The number of hydrogen-bond donors (Lipinski definition) is 1. The van der Waals surface area contributed by atoms with E-state index in [1.54, 1.807) is 5.57 Å². The van der Waals surface area contributed by atoms with Crippen LogP contribution in [-0.4, -0.2) is 16.5 Å². The summed E-state index contributed by atoms with van der Waals surface area (Å²) in [5.74, 6) is 0.719. The fourth-order valence-corrected chi connectivity index (χ4v) is 3.60. The van der Waals surface area contributed by atoms with Gasteiger partial charge in [-0.3, -0.25) is 0 Å². The van der Waals surface area contributed by atoms with E-state index in [-0.39, 0.29) is 0 Å². The molecule has 1 aliphatic carbocycles. The fraction of sp³-hybridized carbons (Fsp3) is 0.304. The third-order valence-electron chi connectivity index (χ3n) is 5.01. The number of aryl methyl sites for hydroxylation is 1. The highest BCUT2D eigenvalue weighted by Gasteiger charge is 2.10. The van der Waals surface area contributed by atoms with Crippen molar-refractivity contribution in [1.82, 2.24) is 9.97 Å². The highest BCUT2D eigenvalue weighted by Crippen LogP contribution is 2.28. The Kier molecular flexibility index (Phi) is 4.96. The van der Waals surface area contributed by atoms with Crippen molar-refractivity contribution >= 4 is 16.9 Å². The number of nitrogens with one attached hydrogen (secondary N) is 1. The number of anilines is 1. The van der Waals surface area contributed by atoms with Crippen LogP contribution < -0.4 is 5.32 Å². The van der Waals surface area contributed by atoms with Crippen LogP contribution >= 0.6 is 0 Å². The molecule has 0 fully saturated rings. The van der Waals surface area contributed by atoms with Crippen molar-refractivity contribution in [3.8, 4) is 11.3 Å². The largest absolute Gasteiger partial charge is 0.354 e. The van der Waals surface area contributed by atoms with Crippen LogP contribution in [0.4, 0.5) is 5.95 Å². The van der Waals surface area contributed by atoms with Crippen molar-refractivity contribution < 1.29 is 0 Å². The molecule has 0 radical (unpaired) electrons. The number of benzene rings is 2. The minimum absolute atomic E-state index is 0.719. The average molecular weight is 343 g/mol. The van der Waals surface area contributed by atoms with Crippen molar-refractivity contribution in [2.75, 3.05) is 11.9 Å². The Morgan fingerprint density at radius 3 is 2.69 bits per heavy atom. The van der Waals surface area contributed by atoms with Gasteiger partial charge in [0.15, 0.2) is 0 Å². The maximum absolute atomic E-state index is 4.85. The molecule has 0 unspecified atom stereocenters. The van der Waals surface area contributed by atoms with Gasteiger partial charge in [0, 0.05) is 17.5 Å². The van der Waals surface area contributed by atoms with Gasteiger partial charge in [0.25, 0.3) is 0 Å². The lowest BCUT2D eigenvalue weighted by Gasteiger charge is -2.14. The molecule has 0 atom stereocenters. The Balaban J connectivity index is 1.63. The van der Waals surface area contributed by atoms with Gasteiger partial charge in [-0.05, 0) is 51.2 Å². The molecule has 0 amide bonds. The quantitative estimate of drug-likeness (QED) is 0.585. The molecule has 4 rings (SSSR count). The van der Waals surface area contributed by atoms with Crippen LogP contribution in [-0.2, 0) is 0 Å². The Morgan fingerprint density at radius 1 is 1.00 bits per heavy atom. The highest BCUT2D eigenvalue weighted by atomic mass is 15.1. The molecule has 132 valence electrons. The van der Waals surface area contributed by atoms with Crippen molar-refractivity contribution in [2.45, 2.75) is 39.0 Å². The Hall–Kier alpha value is -2.68. The number of aromatic nitrogens is 2. The van der Waals surface area contributed by atoms with Gasteiger partial charge < -0.3 is 5.32 Å². The van der Waals surface area contributed by atoms with E-state index in [1.165, 1.54) is 31.2 Å². The maximum atomic E-state index is 4.85. The second-order valence-corrected chi connectivity index (χ2v) is 7.07. The number of rotatable bonds is 5. The van der Waals surface area contributed by atoms with Crippen LogP contribution in [0.1, 0.15) is 37.7 Å². The molecule has 0 saturated heterocycles. The predicted molar refractivity (Wildman–Crippen MR) is 109 cm³/mol. The second-order valence-electron chi connectivity index (χ2n) is 7.07. The molecule has 1 heterocycles. The summed E-state index contributed by atoms with van der Waals surface area (Å²) in [5.41, 5.74) is 5.91. The van der Waals surface area contributed by atoms with Gasteiger partial charge in [-0.2, -0.15) is 0 Å². The summed E-state index contributed by atoms with van der Waals surface area (Å²) in [4.78, 5) is 9.60. The molecule has 3 nitrogen and oxygen atoms in total. The first kappa shape index (κ1) is 16.8. The van der Waals surface area contributed by atoms with Crippen molar-refractivity contribution in [3.63, 3.8) is 0 Å². The Bertz CT molecular complexity index is 929. The third kappa shape index (κ3) is 3.77. The average Bonchev–Trinajstić information content (AvgIpc) is 2.69. The van der Waals surface area contributed by atoms with Crippen LogP contribution in [0, 0.1) is 6.92 Å². The molecule has 2 aromatic carbocycles. The minimum Gasteiger partial charge on any atom is -0.354 e. The number of nitrogens with zero attached hydrogens (tertiary/aromatic N) is 2. The maximum Gasteiger partial charge on any atom is 0.223 e. The van der Waals surface area contributed by atoms with Gasteiger partial charge in [-0.1, -0.05) is 53.6 Å². The topological polar surface area (TPSA) is 37.8 Å². The number of allylic oxidation sites excluding steroid dienone is 1. The summed E-state index contributed by atoms with van der Waals surface area (Å²) in [7, 11) is 0. The number of fused-ring (bicyclic) bond motifs is 1. The molecular weight excluding hydrogens is 318 g/mol. The van der Waals surface area contributed by atoms with Gasteiger partial charge in [0.2, 0.25) is 5.95 Å². The lowest BCUT2D eigenvalue weighted by molar-refractivity contribution is 0.679. The first-order chi connectivity index (χ1) is 12.8. The predicted octanol–water partition coefficient (Wildman–Crippen LogP) is 5.91. The Labute approximate surface area is 155 Å². The summed E-state index contributed by atoms with van der Waals surface area (Å²) in [6.07, 6.45) is 8.63. The monoisotopic (exact) mass is 343 g/mol. The van der Waals surface area contributed by atoms with Crippen LogP contribution in [0.25, 0.3) is 22.2 Å². The first-order valence-corrected chi connectivity index (χ1v) is 9.55. The summed E-state index contributed by atoms with van der Waals surface area (Å²) in [6, 6.07) is 16.8. The molecule has 1 aliphatic rings. The van der Waals surface area contributed by atoms with E-state index in [4.69, 9.17) is 9.97 Å². The molecule has 0 saturated carbocycles. The molecule has 26 heavy (non-hydrogen) atoms. The third-order valence-corrected chi connectivity index (χ3v) is 5.01. The lowest BCUT2D eigenvalue weighted by Crippen LogP contribution is -2.08. The van der Waals surface area contributed by atoms with E-state index in [9.17, 15) is 0 Å². The zero-order chi connectivity index (χ0) is 17.8. The smallest absolute Gasteiger partial charge is 0.223 e. The zero-order valence-electron chi connectivity index (χ0n) is 15.3. The fourth-order valence-electron chi connectivity index (χ4n) is 3.60. The van der Waals surface area contributed by atoms with Gasteiger partial charge in [0.05, 0.1) is 11.2 Å². The summed E-state index contributed by atoms with van der Waals surface area (Å²) in [6.45, 7) is 3.00. The van der Waals surface area contributed by atoms with E-state index < -0.39 is 0 Å². The molecule has 3 aromatic rings. The standard InChI is InChI=1S/C23H25N3/c1-17-12-13-21-20(16-17)22(19-10-6-3-7-11-19)26-23(25-21)24-15-14-18-8-4-2-5-9-18/h3,6-8,10-13,16H,2,4-5,9,14-15H2,1H3,(H,24,25,26). The summed E-state index contributed by atoms with van der Waals surface area (Å²) < 4.78 is 0. The zero-order valence-corrected chi connectivity index (χ0v) is 15.3. The molecule has 1 N–H and O–H groups in total. The van der Waals surface area contributed by atoms with Gasteiger partial charge >= 0.3 is 0 Å². The highest BCUT2D eigenvalue weighted by molar-refractivity contribution is 5.93. The van der Waals surface area contributed by atoms with E-state index >= 15 is 0 Å². The SMILES string of the molecule is Cc1ccc2nc(NCCC3=CCCCC3)nc(-c3ccccc3)c2c1. The Morgan fingerprint density at radius 2 is 1.88 bits per heavy atom. The molecule has 0 aliphatic heterocycles. The van der Waals surface area contributed by atoms with E-state index in [1.807, 2.05) is 6.07 Å².